The number of hydrogen-bond acceptors (Lipinski definition) is 4. The highest BCUT2D eigenvalue weighted by atomic mass is 32.1. The topological polar surface area (TPSA) is 43.6 Å². The third-order valence-corrected chi connectivity index (χ3v) is 11.5. The van der Waals surface area contributed by atoms with Crippen molar-refractivity contribution in [2.45, 2.75) is 0 Å². The molecule has 0 atom stereocenters. The molecule has 0 fully saturated rings. The Bertz CT molecular complexity index is 4730. The second kappa shape index (κ2) is 14.9. The first kappa shape index (κ1) is 21.5. The van der Waals surface area contributed by atoms with Crippen LogP contribution in [0.3, 0.4) is 0 Å². The highest BCUT2D eigenvalue weighted by Gasteiger charge is 2.21. The van der Waals surface area contributed by atoms with E-state index in [1.54, 1.807) is 24.3 Å². The molecule has 0 saturated carbocycles. The molecule has 4 nitrogen and oxygen atoms in total. The number of thiophene rings is 1. The number of benzene rings is 9. The fourth-order valence-electron chi connectivity index (χ4n) is 7.57. The van der Waals surface area contributed by atoms with Crippen molar-refractivity contribution < 1.29 is 26.0 Å². The van der Waals surface area contributed by atoms with Gasteiger partial charge in [-0.05, 0) is 81.8 Å². The van der Waals surface area contributed by atoms with Crippen LogP contribution in [-0.4, -0.2) is 19.5 Å². The van der Waals surface area contributed by atoms with Crippen molar-refractivity contribution in [2.24, 2.45) is 0 Å². The van der Waals surface area contributed by atoms with E-state index in [1.165, 1.54) is 22.8 Å². The number of aromatic nitrogens is 4. The smallest absolute Gasteiger partial charge is 0.166 e. The van der Waals surface area contributed by atoms with Crippen LogP contribution in [0.1, 0.15) is 26.0 Å². The van der Waals surface area contributed by atoms with Crippen LogP contribution in [0, 0.1) is 0 Å². The SMILES string of the molecule is [2H]c1c([2H])c([2H])c(-c2c([2H])c([2H])c3c(c2[2H])c2c([2H])c([2H])c([2H])c([2H])c2n3-c2cc(-c3c([2H])c([2H])c4c(sc5c([2H])c([2H])c([2H])c([2H])c54)c3[2H])ccc2-c2nc(-c3ccccc3)nc(-c3cccc(-c4ccccc4)c3)n2)c([2H])c1[2H]. The lowest BCUT2D eigenvalue weighted by molar-refractivity contribution is 1.06. The molecule has 0 spiro atoms. The first-order chi connectivity index (χ1) is 38.6. The summed E-state index contributed by atoms with van der Waals surface area (Å²) in [6, 6.07) is 18.5. The second-order valence-electron chi connectivity index (χ2n) is 14.1. The summed E-state index contributed by atoms with van der Waals surface area (Å²) in [7, 11) is 0. The minimum Gasteiger partial charge on any atom is -0.308 e. The van der Waals surface area contributed by atoms with E-state index >= 15 is 0 Å². The molecule has 0 amide bonds. The molecule has 290 valence electrons. The number of rotatable bonds is 7. The van der Waals surface area contributed by atoms with E-state index in [4.69, 9.17) is 30.0 Å². The summed E-state index contributed by atoms with van der Waals surface area (Å²) in [5.41, 5.74) is 0.941. The van der Waals surface area contributed by atoms with Gasteiger partial charge in [0.15, 0.2) is 17.5 Å². The van der Waals surface area contributed by atoms with Gasteiger partial charge in [-0.3, -0.25) is 0 Å². The fourth-order valence-corrected chi connectivity index (χ4v) is 8.54. The first-order valence-corrected chi connectivity index (χ1v) is 20.1. The number of nitrogens with zero attached hydrogens (tertiary/aromatic N) is 4. The van der Waals surface area contributed by atoms with Crippen LogP contribution in [0.15, 0.2) is 218 Å². The van der Waals surface area contributed by atoms with Crippen LogP contribution in [0.4, 0.5) is 0 Å². The molecule has 0 aliphatic rings. The molecule has 12 rings (SSSR count). The number of para-hydroxylation sites is 1. The Hall–Kier alpha value is -7.99. The third-order valence-electron chi connectivity index (χ3n) is 10.5. The number of hydrogen-bond donors (Lipinski definition) is 0. The van der Waals surface area contributed by atoms with E-state index in [0.29, 0.717) is 11.1 Å². The predicted octanol–water partition coefficient (Wildman–Crippen LogP) is 15.3. The van der Waals surface area contributed by atoms with Crippen LogP contribution in [0.2, 0.25) is 0 Å². The number of fused-ring (bicyclic) bond motifs is 6. The van der Waals surface area contributed by atoms with Gasteiger partial charge in [-0.25, -0.2) is 15.0 Å². The Morgan fingerprint density at radius 1 is 0.371 bits per heavy atom. The molecule has 3 heterocycles. The maximum absolute atomic E-state index is 9.87. The molecule has 0 bridgehead atoms. The maximum Gasteiger partial charge on any atom is 0.166 e. The summed E-state index contributed by atoms with van der Waals surface area (Å²) in [5, 5.41) is -0.732. The minimum atomic E-state index is -0.791. The van der Waals surface area contributed by atoms with Crippen molar-refractivity contribution in [3.8, 4) is 73.2 Å². The Labute approximate surface area is 389 Å². The predicted molar refractivity (Wildman–Crippen MR) is 260 cm³/mol. The van der Waals surface area contributed by atoms with E-state index in [0.717, 1.165) is 22.5 Å². The largest absolute Gasteiger partial charge is 0.308 e. The Balaban J connectivity index is 1.25. The van der Waals surface area contributed by atoms with Crippen LogP contribution < -0.4 is 0 Å². The van der Waals surface area contributed by atoms with Crippen LogP contribution >= 0.6 is 11.3 Å². The van der Waals surface area contributed by atoms with Gasteiger partial charge in [-0.15, -0.1) is 11.3 Å². The third kappa shape index (κ3) is 6.26. The lowest BCUT2D eigenvalue weighted by atomic mass is 10.00. The molecule has 12 aromatic rings. The average Bonchev–Trinajstić information content (AvgIpc) is 2.67. The van der Waals surface area contributed by atoms with Crippen molar-refractivity contribution >= 4 is 53.3 Å². The standard InChI is InChI=1S/C57H36N4S/c1-4-15-37(16-5-1)40-21-14-22-44(33-40)56-58-55(39-19-8-3-9-20-39)59-57(60-56)48-31-28-42(43-27-30-47-46-24-11-13-26-53(46)62-54(47)36-43)35-52(48)61-50-25-12-10-23-45(50)49-34-41(29-32-51(49)61)38-17-6-2-7-18-38/h1-36H/i2D,6D,7D,10D,11D,12D,13D,17D,18D,23D,24D,25D,26D,27D,29D,30D,32D,34D,36D. The van der Waals surface area contributed by atoms with Crippen LogP contribution in [0.5, 0.6) is 0 Å². The summed E-state index contributed by atoms with van der Waals surface area (Å²) in [5.74, 6) is 0.339. The Morgan fingerprint density at radius 3 is 1.82 bits per heavy atom. The lowest BCUT2D eigenvalue weighted by Gasteiger charge is -2.17. The molecule has 3 aromatic heterocycles. The molecule has 0 radical (unpaired) electrons. The van der Waals surface area contributed by atoms with Gasteiger partial charge in [0.1, 0.15) is 0 Å². The van der Waals surface area contributed by atoms with Crippen molar-refractivity contribution in [1.29, 1.82) is 0 Å². The fraction of sp³-hybridized carbons (Fsp3) is 0. The van der Waals surface area contributed by atoms with Gasteiger partial charge in [0.05, 0.1) is 42.8 Å². The molecular formula is C57H36N4S. The Kier molecular flexibility index (Phi) is 5.18. The van der Waals surface area contributed by atoms with Crippen molar-refractivity contribution in [1.82, 2.24) is 19.5 Å². The zero-order valence-corrected chi connectivity index (χ0v) is 32.8. The zero-order chi connectivity index (χ0) is 57.5. The maximum atomic E-state index is 9.87. The van der Waals surface area contributed by atoms with Gasteiger partial charge in [0, 0.05) is 47.6 Å². The molecule has 9 aromatic carbocycles. The molecular weight excluding hydrogens is 773 g/mol. The minimum absolute atomic E-state index is 0.0208. The highest BCUT2D eigenvalue weighted by molar-refractivity contribution is 7.25. The average molecular weight is 828 g/mol. The van der Waals surface area contributed by atoms with Crippen molar-refractivity contribution in [2.75, 3.05) is 0 Å². The molecule has 0 unspecified atom stereocenters. The molecule has 62 heavy (non-hydrogen) atoms. The van der Waals surface area contributed by atoms with Gasteiger partial charge in [0.2, 0.25) is 0 Å². The Morgan fingerprint density at radius 2 is 0.984 bits per heavy atom. The summed E-state index contributed by atoms with van der Waals surface area (Å²) in [4.78, 5) is 15.0. The van der Waals surface area contributed by atoms with Crippen LogP contribution in [-0.2, 0) is 0 Å². The second-order valence-corrected chi connectivity index (χ2v) is 15.2. The quantitative estimate of drug-likeness (QED) is 0.161. The lowest BCUT2D eigenvalue weighted by Crippen LogP contribution is -2.04. The summed E-state index contributed by atoms with van der Waals surface area (Å²) >= 11 is 0.858. The van der Waals surface area contributed by atoms with E-state index in [-0.39, 0.29) is 93.9 Å². The summed E-state index contributed by atoms with van der Waals surface area (Å²) in [6.45, 7) is 0. The summed E-state index contributed by atoms with van der Waals surface area (Å²) < 4.78 is 174. The van der Waals surface area contributed by atoms with Crippen molar-refractivity contribution in [3.05, 3.63) is 218 Å². The van der Waals surface area contributed by atoms with E-state index in [2.05, 4.69) is 0 Å². The molecule has 0 aliphatic carbocycles. The zero-order valence-electron chi connectivity index (χ0n) is 51.0. The van der Waals surface area contributed by atoms with E-state index in [9.17, 15) is 11.0 Å². The van der Waals surface area contributed by atoms with E-state index < -0.39 is 114 Å². The van der Waals surface area contributed by atoms with Crippen molar-refractivity contribution in [3.63, 3.8) is 0 Å². The van der Waals surface area contributed by atoms with Gasteiger partial charge in [0.25, 0.3) is 0 Å². The molecule has 0 saturated heterocycles. The van der Waals surface area contributed by atoms with Gasteiger partial charge in [-0.2, -0.15) is 0 Å². The normalized spacial score (nSPS) is 15.8. The summed E-state index contributed by atoms with van der Waals surface area (Å²) in [6.07, 6.45) is 0. The monoisotopic (exact) mass is 827 g/mol. The molecule has 0 N–H and O–H groups in total. The molecule has 0 aliphatic heterocycles. The van der Waals surface area contributed by atoms with E-state index in [1.807, 2.05) is 60.7 Å². The molecule has 5 heteroatoms. The van der Waals surface area contributed by atoms with Crippen LogP contribution in [0.25, 0.3) is 115 Å². The van der Waals surface area contributed by atoms with Gasteiger partial charge in [-0.1, -0.05) is 170 Å². The van der Waals surface area contributed by atoms with Gasteiger partial charge < -0.3 is 4.57 Å². The highest BCUT2D eigenvalue weighted by Crippen LogP contribution is 2.41. The first-order valence-electron chi connectivity index (χ1n) is 28.8. The van der Waals surface area contributed by atoms with Gasteiger partial charge >= 0.3 is 0 Å².